The van der Waals surface area contributed by atoms with E-state index in [1.807, 2.05) is 13.8 Å². The Morgan fingerprint density at radius 2 is 2.20 bits per heavy atom. The molecule has 1 aromatic rings. The topological polar surface area (TPSA) is 26.3 Å². The molecule has 3 heteroatoms. The van der Waals surface area contributed by atoms with E-state index < -0.39 is 5.24 Å². The number of hydrogen-bond acceptors (Lipinski definition) is 2. The summed E-state index contributed by atoms with van der Waals surface area (Å²) in [6, 6.07) is 5.10. The van der Waals surface area contributed by atoms with Crippen molar-refractivity contribution in [1.29, 1.82) is 0 Å². The summed E-state index contributed by atoms with van der Waals surface area (Å²) in [4.78, 5) is 10.9. The number of benzene rings is 1. The highest BCUT2D eigenvalue weighted by molar-refractivity contribution is 6.67. The molecule has 1 aromatic carbocycles. The van der Waals surface area contributed by atoms with E-state index in [-0.39, 0.29) is 0 Å². The summed E-state index contributed by atoms with van der Waals surface area (Å²) in [6.45, 7) is 7.99. The van der Waals surface area contributed by atoms with Crippen LogP contribution in [0.2, 0.25) is 0 Å². The molecule has 15 heavy (non-hydrogen) atoms. The predicted molar refractivity (Wildman–Crippen MR) is 61.7 cm³/mol. The van der Waals surface area contributed by atoms with Gasteiger partial charge in [0.05, 0.1) is 0 Å². The third-order valence-electron chi connectivity index (χ3n) is 1.88. The largest absolute Gasteiger partial charge is 0.489 e. The Bertz CT molecular complexity index is 397. The average Bonchev–Trinajstić information content (AvgIpc) is 2.15. The fourth-order valence-corrected chi connectivity index (χ4v) is 1.25. The molecule has 0 saturated carbocycles. The van der Waals surface area contributed by atoms with Crippen LogP contribution in [0.1, 0.15) is 22.8 Å². The van der Waals surface area contributed by atoms with Crippen LogP contribution in [0.15, 0.2) is 30.4 Å². The van der Waals surface area contributed by atoms with Gasteiger partial charge in [-0.25, -0.2) is 0 Å². The van der Waals surface area contributed by atoms with E-state index >= 15 is 0 Å². The van der Waals surface area contributed by atoms with Crippen LogP contribution in [0.3, 0.4) is 0 Å². The second-order valence-corrected chi connectivity index (χ2v) is 3.84. The summed E-state index contributed by atoms with van der Waals surface area (Å²) in [5.41, 5.74) is 2.33. The zero-order valence-electron chi connectivity index (χ0n) is 8.84. The smallest absolute Gasteiger partial charge is 0.252 e. The normalized spacial score (nSPS) is 9.80. The number of aryl methyl sites for hydroxylation is 1. The quantitative estimate of drug-likeness (QED) is 0.579. The maximum atomic E-state index is 10.9. The van der Waals surface area contributed by atoms with Gasteiger partial charge in [-0.1, -0.05) is 6.58 Å². The van der Waals surface area contributed by atoms with Crippen molar-refractivity contribution in [2.45, 2.75) is 13.8 Å². The molecule has 0 aliphatic carbocycles. The van der Waals surface area contributed by atoms with E-state index in [4.69, 9.17) is 16.3 Å². The second kappa shape index (κ2) is 4.99. The molecule has 0 atom stereocenters. The van der Waals surface area contributed by atoms with Gasteiger partial charge in [0.25, 0.3) is 5.24 Å². The van der Waals surface area contributed by atoms with Crippen LogP contribution in [0.5, 0.6) is 5.75 Å². The first-order valence-electron chi connectivity index (χ1n) is 4.58. The van der Waals surface area contributed by atoms with Crippen LogP contribution in [0, 0.1) is 6.92 Å². The van der Waals surface area contributed by atoms with Crippen molar-refractivity contribution >= 4 is 16.8 Å². The Hall–Kier alpha value is -1.28. The number of ether oxygens (including phenoxy) is 1. The molecule has 0 radical (unpaired) electrons. The summed E-state index contributed by atoms with van der Waals surface area (Å²) < 4.78 is 5.48. The number of carbonyl (C=O) groups is 1. The predicted octanol–water partition coefficient (Wildman–Crippen LogP) is 3.33. The zero-order valence-corrected chi connectivity index (χ0v) is 9.60. The van der Waals surface area contributed by atoms with Crippen molar-refractivity contribution in [3.63, 3.8) is 0 Å². The molecule has 0 aliphatic rings. The van der Waals surface area contributed by atoms with Crippen LogP contribution >= 0.6 is 11.6 Å². The van der Waals surface area contributed by atoms with Crippen LogP contribution in [0.25, 0.3) is 0 Å². The van der Waals surface area contributed by atoms with E-state index in [1.165, 1.54) is 0 Å². The fraction of sp³-hybridized carbons (Fsp3) is 0.250. The van der Waals surface area contributed by atoms with Gasteiger partial charge < -0.3 is 4.74 Å². The molecule has 0 unspecified atom stereocenters. The van der Waals surface area contributed by atoms with Gasteiger partial charge in [0, 0.05) is 5.56 Å². The van der Waals surface area contributed by atoms with Gasteiger partial charge in [0.2, 0.25) is 0 Å². The Balaban J connectivity index is 2.83. The molecule has 1 rings (SSSR count). The highest BCUT2D eigenvalue weighted by Gasteiger charge is 2.05. The van der Waals surface area contributed by atoms with Gasteiger partial charge >= 0.3 is 0 Å². The molecule has 0 aliphatic heterocycles. The SMILES string of the molecule is C=C(C)COc1ccc(C(=O)Cl)cc1C. The number of hydrogen-bond donors (Lipinski definition) is 0. The van der Waals surface area contributed by atoms with E-state index in [0.717, 1.165) is 16.9 Å². The maximum Gasteiger partial charge on any atom is 0.252 e. The van der Waals surface area contributed by atoms with E-state index in [2.05, 4.69) is 6.58 Å². The van der Waals surface area contributed by atoms with Gasteiger partial charge in [-0.15, -0.1) is 0 Å². The summed E-state index contributed by atoms with van der Waals surface area (Å²) >= 11 is 5.36. The minimum atomic E-state index is -0.454. The maximum absolute atomic E-state index is 10.9. The van der Waals surface area contributed by atoms with Gasteiger partial charge in [-0.2, -0.15) is 0 Å². The summed E-state index contributed by atoms with van der Waals surface area (Å²) in [5, 5.41) is -0.454. The molecule has 2 nitrogen and oxygen atoms in total. The molecule has 0 amide bonds. The average molecular weight is 225 g/mol. The Morgan fingerprint density at radius 3 is 2.67 bits per heavy atom. The lowest BCUT2D eigenvalue weighted by Crippen LogP contribution is -2.00. The molecule has 0 heterocycles. The second-order valence-electron chi connectivity index (χ2n) is 3.50. The fourth-order valence-electron chi connectivity index (χ4n) is 1.13. The van der Waals surface area contributed by atoms with Gasteiger partial charge in [0.15, 0.2) is 0 Å². The third kappa shape index (κ3) is 3.40. The number of halogens is 1. The summed E-state index contributed by atoms with van der Waals surface area (Å²) in [6.07, 6.45) is 0. The first-order chi connectivity index (χ1) is 7.00. The van der Waals surface area contributed by atoms with E-state index in [1.54, 1.807) is 18.2 Å². The molecular formula is C12H13ClO2. The highest BCUT2D eigenvalue weighted by Crippen LogP contribution is 2.20. The third-order valence-corrected chi connectivity index (χ3v) is 2.09. The lowest BCUT2D eigenvalue weighted by atomic mass is 10.1. The molecule has 0 aromatic heterocycles. The zero-order chi connectivity index (χ0) is 11.4. The Kier molecular flexibility index (Phi) is 3.92. The van der Waals surface area contributed by atoms with E-state index in [0.29, 0.717) is 12.2 Å². The Labute approximate surface area is 94.5 Å². The number of rotatable bonds is 4. The molecule has 0 N–H and O–H groups in total. The Morgan fingerprint density at radius 1 is 1.53 bits per heavy atom. The van der Waals surface area contributed by atoms with Crippen molar-refractivity contribution in [1.82, 2.24) is 0 Å². The number of carbonyl (C=O) groups excluding carboxylic acids is 1. The van der Waals surface area contributed by atoms with Crippen LogP contribution < -0.4 is 4.74 Å². The van der Waals surface area contributed by atoms with E-state index in [9.17, 15) is 4.79 Å². The lowest BCUT2D eigenvalue weighted by molar-refractivity contribution is 0.108. The standard InChI is InChI=1S/C12H13ClO2/c1-8(2)7-15-11-5-4-10(12(13)14)6-9(11)3/h4-6H,1,7H2,2-3H3. The van der Waals surface area contributed by atoms with Gasteiger partial charge in [-0.3, -0.25) is 4.79 Å². The monoisotopic (exact) mass is 224 g/mol. The van der Waals surface area contributed by atoms with Crippen molar-refractivity contribution < 1.29 is 9.53 Å². The van der Waals surface area contributed by atoms with Crippen molar-refractivity contribution in [2.24, 2.45) is 0 Å². The van der Waals surface area contributed by atoms with Gasteiger partial charge in [-0.05, 0) is 54.8 Å². The van der Waals surface area contributed by atoms with Crippen molar-refractivity contribution in [2.75, 3.05) is 6.61 Å². The lowest BCUT2D eigenvalue weighted by Gasteiger charge is -2.09. The van der Waals surface area contributed by atoms with Crippen LogP contribution in [-0.4, -0.2) is 11.8 Å². The first-order valence-corrected chi connectivity index (χ1v) is 4.96. The van der Waals surface area contributed by atoms with Crippen LogP contribution in [-0.2, 0) is 0 Å². The summed E-state index contributed by atoms with van der Waals surface area (Å²) in [5.74, 6) is 0.750. The van der Waals surface area contributed by atoms with Crippen LogP contribution in [0.4, 0.5) is 0 Å². The molecule has 0 spiro atoms. The molecular weight excluding hydrogens is 212 g/mol. The van der Waals surface area contributed by atoms with Crippen molar-refractivity contribution in [3.05, 3.63) is 41.5 Å². The van der Waals surface area contributed by atoms with Crippen molar-refractivity contribution in [3.8, 4) is 5.75 Å². The highest BCUT2D eigenvalue weighted by atomic mass is 35.5. The molecule has 80 valence electrons. The minimum absolute atomic E-state index is 0.454. The minimum Gasteiger partial charge on any atom is -0.489 e. The summed E-state index contributed by atoms with van der Waals surface area (Å²) in [7, 11) is 0. The molecule has 0 saturated heterocycles. The molecule has 0 bridgehead atoms. The first kappa shape index (κ1) is 11.8. The van der Waals surface area contributed by atoms with Gasteiger partial charge in [0.1, 0.15) is 12.4 Å². The molecule has 0 fully saturated rings.